The second kappa shape index (κ2) is 4.30. The van der Waals surface area contributed by atoms with Crippen LogP contribution < -0.4 is 3.11 Å². The van der Waals surface area contributed by atoms with Gasteiger partial charge < -0.3 is 0 Å². The molecule has 1 aliphatic heterocycles. The van der Waals surface area contributed by atoms with Gasteiger partial charge in [0.2, 0.25) is 0 Å². The second-order valence-electron chi connectivity index (χ2n) is 3.67. The number of rotatable bonds is 0. The zero-order valence-electron chi connectivity index (χ0n) is 8.56. The Morgan fingerprint density at radius 2 is 1.62 bits per heavy atom. The average molecular weight is 339 g/mol. The number of para-hydroxylation sites is 2. The van der Waals surface area contributed by atoms with E-state index in [0.717, 1.165) is 5.75 Å². The third-order valence-electron chi connectivity index (χ3n) is 2.66. The molecule has 16 heavy (non-hydrogen) atoms. The van der Waals surface area contributed by atoms with E-state index in [0.29, 0.717) is 0 Å². The Hall–Kier alpha value is -0.680. The van der Waals surface area contributed by atoms with Crippen LogP contribution in [0, 0.1) is 0 Å². The SMILES string of the molecule is IN1c2ccccc2CSc2ccccc21. The van der Waals surface area contributed by atoms with Crippen molar-refractivity contribution in [2.24, 2.45) is 0 Å². The molecule has 2 aromatic rings. The quantitative estimate of drug-likeness (QED) is 0.502. The van der Waals surface area contributed by atoms with Crippen LogP contribution in [-0.2, 0) is 5.75 Å². The van der Waals surface area contributed by atoms with Crippen LogP contribution in [0.2, 0.25) is 0 Å². The first-order valence-electron chi connectivity index (χ1n) is 5.12. The molecule has 3 rings (SSSR count). The van der Waals surface area contributed by atoms with Crippen molar-refractivity contribution in [2.75, 3.05) is 3.11 Å². The Balaban J connectivity index is 2.18. The molecule has 2 aromatic carbocycles. The van der Waals surface area contributed by atoms with E-state index in [-0.39, 0.29) is 0 Å². The molecular weight excluding hydrogens is 329 g/mol. The fourth-order valence-corrected chi connectivity index (χ4v) is 3.94. The van der Waals surface area contributed by atoms with Gasteiger partial charge in [0.25, 0.3) is 0 Å². The predicted octanol–water partition coefficient (Wildman–Crippen LogP) is 4.78. The van der Waals surface area contributed by atoms with Crippen molar-refractivity contribution in [3.63, 3.8) is 0 Å². The standard InChI is InChI=1S/C13H10INS/c14-15-11-6-2-1-5-10(11)9-16-13-8-4-3-7-12(13)15/h1-8H,9H2. The van der Waals surface area contributed by atoms with Crippen molar-refractivity contribution in [3.05, 3.63) is 54.1 Å². The molecule has 3 heteroatoms. The molecule has 0 aromatic heterocycles. The molecule has 0 amide bonds. The molecule has 0 atom stereocenters. The maximum atomic E-state index is 2.38. The van der Waals surface area contributed by atoms with Gasteiger partial charge in [-0.15, -0.1) is 11.8 Å². The molecule has 0 unspecified atom stereocenters. The number of nitrogens with zero attached hydrogens (tertiary/aromatic N) is 1. The molecule has 1 aliphatic rings. The molecule has 0 saturated carbocycles. The monoisotopic (exact) mass is 339 g/mol. The van der Waals surface area contributed by atoms with E-state index in [1.807, 2.05) is 11.8 Å². The Labute approximate surface area is 113 Å². The molecule has 0 spiro atoms. The van der Waals surface area contributed by atoms with Gasteiger partial charge in [-0.25, -0.2) is 0 Å². The van der Waals surface area contributed by atoms with Crippen molar-refractivity contribution in [2.45, 2.75) is 10.6 Å². The van der Waals surface area contributed by atoms with Gasteiger partial charge in [0.15, 0.2) is 0 Å². The fraction of sp³-hybridized carbons (Fsp3) is 0.0769. The van der Waals surface area contributed by atoms with Gasteiger partial charge in [-0.2, -0.15) is 0 Å². The summed E-state index contributed by atoms with van der Waals surface area (Å²) in [6.07, 6.45) is 0. The van der Waals surface area contributed by atoms with Gasteiger partial charge in [-0.1, -0.05) is 30.3 Å². The number of fused-ring (bicyclic) bond motifs is 2. The Kier molecular flexibility index (Phi) is 2.81. The summed E-state index contributed by atoms with van der Waals surface area (Å²) in [5.74, 6) is 1.05. The van der Waals surface area contributed by atoms with Crippen molar-refractivity contribution in [1.82, 2.24) is 0 Å². The smallest absolute Gasteiger partial charge is 0.0646 e. The molecule has 0 saturated heterocycles. The summed E-state index contributed by atoms with van der Waals surface area (Å²) in [6, 6.07) is 17.2. The average Bonchev–Trinajstić information content (AvgIpc) is 2.49. The molecule has 0 radical (unpaired) electrons. The van der Waals surface area contributed by atoms with Gasteiger partial charge >= 0.3 is 0 Å². The Morgan fingerprint density at radius 1 is 0.938 bits per heavy atom. The summed E-state index contributed by atoms with van der Waals surface area (Å²) < 4.78 is 2.25. The third kappa shape index (κ3) is 1.72. The topological polar surface area (TPSA) is 3.24 Å². The highest BCUT2D eigenvalue weighted by atomic mass is 127. The van der Waals surface area contributed by atoms with Gasteiger partial charge in [0, 0.05) is 10.6 Å². The first-order valence-corrected chi connectivity index (χ1v) is 7.07. The molecule has 0 N–H and O–H groups in total. The molecule has 0 bridgehead atoms. The molecule has 1 heterocycles. The Bertz CT molecular complexity index is 479. The van der Waals surface area contributed by atoms with Crippen LogP contribution in [0.25, 0.3) is 0 Å². The fourth-order valence-electron chi connectivity index (χ4n) is 1.85. The minimum atomic E-state index is 1.05. The van der Waals surface area contributed by atoms with Gasteiger partial charge in [0.05, 0.1) is 34.2 Å². The Morgan fingerprint density at radius 3 is 2.50 bits per heavy atom. The van der Waals surface area contributed by atoms with Crippen LogP contribution in [0.4, 0.5) is 11.4 Å². The maximum Gasteiger partial charge on any atom is 0.0646 e. The zero-order chi connectivity index (χ0) is 11.0. The second-order valence-corrected chi connectivity index (χ2v) is 5.65. The number of benzene rings is 2. The summed E-state index contributed by atoms with van der Waals surface area (Å²) >= 11 is 4.29. The highest BCUT2D eigenvalue weighted by Crippen LogP contribution is 2.43. The van der Waals surface area contributed by atoms with E-state index < -0.39 is 0 Å². The van der Waals surface area contributed by atoms with Crippen LogP contribution >= 0.6 is 34.6 Å². The summed E-state index contributed by atoms with van der Waals surface area (Å²) in [5, 5.41) is 0. The summed E-state index contributed by atoms with van der Waals surface area (Å²) in [5.41, 5.74) is 4.00. The highest BCUT2D eigenvalue weighted by molar-refractivity contribution is 14.1. The first kappa shape index (κ1) is 10.5. The third-order valence-corrected chi connectivity index (χ3v) is 4.81. The molecule has 1 nitrogen and oxygen atoms in total. The van der Waals surface area contributed by atoms with E-state index >= 15 is 0 Å². The predicted molar refractivity (Wildman–Crippen MR) is 78.6 cm³/mol. The number of thioether (sulfide) groups is 1. The summed E-state index contributed by atoms with van der Waals surface area (Å²) in [4.78, 5) is 1.35. The van der Waals surface area contributed by atoms with Crippen LogP contribution in [0.15, 0.2) is 53.4 Å². The van der Waals surface area contributed by atoms with Crippen molar-refractivity contribution >= 4 is 46.0 Å². The van der Waals surface area contributed by atoms with E-state index in [1.54, 1.807) is 0 Å². The summed E-state index contributed by atoms with van der Waals surface area (Å²) in [6.45, 7) is 0. The number of hydrogen-bond donors (Lipinski definition) is 0. The minimum absolute atomic E-state index is 1.05. The van der Waals surface area contributed by atoms with Gasteiger partial charge in [-0.05, 0) is 23.8 Å². The first-order chi connectivity index (χ1) is 7.86. The highest BCUT2D eigenvalue weighted by Gasteiger charge is 2.17. The van der Waals surface area contributed by atoms with E-state index in [4.69, 9.17) is 0 Å². The minimum Gasteiger partial charge on any atom is -0.282 e. The number of hydrogen-bond acceptors (Lipinski definition) is 2. The van der Waals surface area contributed by atoms with Crippen molar-refractivity contribution in [1.29, 1.82) is 0 Å². The number of anilines is 2. The molecule has 0 aliphatic carbocycles. The van der Waals surface area contributed by atoms with E-state index in [2.05, 4.69) is 74.5 Å². The number of halogens is 1. The van der Waals surface area contributed by atoms with Crippen LogP contribution in [0.5, 0.6) is 0 Å². The van der Waals surface area contributed by atoms with Crippen molar-refractivity contribution in [3.8, 4) is 0 Å². The van der Waals surface area contributed by atoms with Gasteiger partial charge in [-0.3, -0.25) is 3.11 Å². The molecule has 80 valence electrons. The van der Waals surface area contributed by atoms with E-state index in [1.165, 1.54) is 21.8 Å². The van der Waals surface area contributed by atoms with Crippen LogP contribution in [-0.4, -0.2) is 0 Å². The normalized spacial score (nSPS) is 13.9. The van der Waals surface area contributed by atoms with Crippen LogP contribution in [0.3, 0.4) is 0 Å². The zero-order valence-corrected chi connectivity index (χ0v) is 11.5. The molecule has 0 fully saturated rings. The lowest BCUT2D eigenvalue weighted by molar-refractivity contribution is 1.36. The molecular formula is C13H10INS. The van der Waals surface area contributed by atoms with E-state index in [9.17, 15) is 0 Å². The summed E-state index contributed by atoms with van der Waals surface area (Å²) in [7, 11) is 0. The lowest BCUT2D eigenvalue weighted by atomic mass is 10.2. The van der Waals surface area contributed by atoms with Crippen LogP contribution in [0.1, 0.15) is 5.56 Å². The lowest BCUT2D eigenvalue weighted by Crippen LogP contribution is -2.02. The largest absolute Gasteiger partial charge is 0.282 e. The van der Waals surface area contributed by atoms with Crippen molar-refractivity contribution < 1.29 is 0 Å². The van der Waals surface area contributed by atoms with Gasteiger partial charge in [0.1, 0.15) is 0 Å². The lowest BCUT2D eigenvalue weighted by Gasteiger charge is -2.18. The maximum absolute atomic E-state index is 2.38.